The molecule has 0 amide bonds. The SMILES string of the molecule is CC[C@@H]1CN(Cc2ccc(C#N)cc2F)CCN1C[C@@H](C)O. The Labute approximate surface area is 131 Å². The highest BCUT2D eigenvalue weighted by Gasteiger charge is 2.26. The van der Waals surface area contributed by atoms with Crippen molar-refractivity contribution in [1.29, 1.82) is 5.26 Å². The molecule has 1 aromatic carbocycles. The zero-order chi connectivity index (χ0) is 16.1. The summed E-state index contributed by atoms with van der Waals surface area (Å²) in [5.41, 5.74) is 0.993. The lowest BCUT2D eigenvalue weighted by atomic mass is 10.1. The molecule has 120 valence electrons. The second-order valence-electron chi connectivity index (χ2n) is 6.06. The first-order valence-corrected chi connectivity index (χ1v) is 7.86. The number of piperazine rings is 1. The van der Waals surface area contributed by atoms with E-state index in [2.05, 4.69) is 16.7 Å². The van der Waals surface area contributed by atoms with Gasteiger partial charge in [0.1, 0.15) is 5.82 Å². The topological polar surface area (TPSA) is 50.5 Å². The molecule has 1 fully saturated rings. The molecular formula is C17H24FN3O. The highest BCUT2D eigenvalue weighted by atomic mass is 19.1. The lowest BCUT2D eigenvalue weighted by molar-refractivity contribution is 0.0334. The van der Waals surface area contributed by atoms with Gasteiger partial charge < -0.3 is 5.11 Å². The number of rotatable bonds is 5. The molecule has 1 saturated heterocycles. The molecular weight excluding hydrogens is 281 g/mol. The quantitative estimate of drug-likeness (QED) is 0.904. The second-order valence-corrected chi connectivity index (χ2v) is 6.06. The Balaban J connectivity index is 1.99. The Morgan fingerprint density at radius 3 is 2.82 bits per heavy atom. The minimum Gasteiger partial charge on any atom is -0.392 e. The van der Waals surface area contributed by atoms with Crippen LogP contribution in [-0.2, 0) is 6.54 Å². The summed E-state index contributed by atoms with van der Waals surface area (Å²) in [6, 6.07) is 7.02. The van der Waals surface area contributed by atoms with Crippen molar-refractivity contribution in [2.75, 3.05) is 26.2 Å². The van der Waals surface area contributed by atoms with Crippen LogP contribution in [0.3, 0.4) is 0 Å². The summed E-state index contributed by atoms with van der Waals surface area (Å²) in [4.78, 5) is 4.56. The summed E-state index contributed by atoms with van der Waals surface area (Å²) >= 11 is 0. The van der Waals surface area contributed by atoms with Gasteiger partial charge in [0, 0.05) is 44.3 Å². The Morgan fingerprint density at radius 2 is 2.23 bits per heavy atom. The maximum absolute atomic E-state index is 14.0. The van der Waals surface area contributed by atoms with Crippen LogP contribution >= 0.6 is 0 Å². The normalized spacial score (nSPS) is 21.5. The van der Waals surface area contributed by atoms with E-state index in [9.17, 15) is 9.50 Å². The third-order valence-electron chi connectivity index (χ3n) is 4.23. The van der Waals surface area contributed by atoms with Gasteiger partial charge in [0.15, 0.2) is 0 Å². The Kier molecular flexibility index (Phi) is 5.90. The third kappa shape index (κ3) is 4.26. The third-order valence-corrected chi connectivity index (χ3v) is 4.23. The molecule has 1 heterocycles. The number of hydrogen-bond acceptors (Lipinski definition) is 4. The minimum absolute atomic E-state index is 0.307. The van der Waals surface area contributed by atoms with E-state index in [4.69, 9.17) is 5.26 Å². The number of benzene rings is 1. The Morgan fingerprint density at radius 1 is 1.45 bits per heavy atom. The van der Waals surface area contributed by atoms with Gasteiger partial charge in [0.05, 0.1) is 17.7 Å². The molecule has 0 aliphatic carbocycles. The summed E-state index contributed by atoms with van der Waals surface area (Å²) in [7, 11) is 0. The van der Waals surface area contributed by atoms with Crippen molar-refractivity contribution >= 4 is 0 Å². The molecule has 0 aromatic heterocycles. The highest BCUT2D eigenvalue weighted by molar-refractivity contribution is 5.32. The number of β-amino-alcohol motifs (C(OH)–C–C–N with tert-alkyl or cyclic N) is 1. The summed E-state index contributed by atoms with van der Waals surface area (Å²) in [5.74, 6) is -0.307. The first kappa shape index (κ1) is 16.9. The molecule has 2 rings (SSSR count). The summed E-state index contributed by atoms with van der Waals surface area (Å²) in [6.45, 7) is 7.84. The van der Waals surface area contributed by atoms with Gasteiger partial charge in [-0.1, -0.05) is 13.0 Å². The summed E-state index contributed by atoms with van der Waals surface area (Å²) < 4.78 is 14.0. The number of halogens is 1. The summed E-state index contributed by atoms with van der Waals surface area (Å²) in [5, 5.41) is 18.4. The predicted molar refractivity (Wildman–Crippen MR) is 83.7 cm³/mol. The fourth-order valence-electron chi connectivity index (χ4n) is 3.05. The molecule has 1 aliphatic heterocycles. The molecule has 2 atom stereocenters. The average molecular weight is 305 g/mol. The van der Waals surface area contributed by atoms with Crippen LogP contribution in [-0.4, -0.2) is 53.2 Å². The molecule has 4 nitrogen and oxygen atoms in total. The van der Waals surface area contributed by atoms with E-state index in [0.717, 1.165) is 26.1 Å². The van der Waals surface area contributed by atoms with Gasteiger partial charge in [0.25, 0.3) is 0 Å². The zero-order valence-corrected chi connectivity index (χ0v) is 13.3. The number of hydrogen-bond donors (Lipinski definition) is 1. The van der Waals surface area contributed by atoms with Crippen molar-refractivity contribution in [3.63, 3.8) is 0 Å². The summed E-state index contributed by atoms with van der Waals surface area (Å²) in [6.07, 6.45) is 0.690. The predicted octanol–water partition coefficient (Wildman–Crippen LogP) is 1.97. The first-order chi connectivity index (χ1) is 10.5. The van der Waals surface area contributed by atoms with Crippen molar-refractivity contribution < 1.29 is 9.50 Å². The van der Waals surface area contributed by atoms with Crippen LogP contribution in [0.1, 0.15) is 31.4 Å². The van der Waals surface area contributed by atoms with E-state index < -0.39 is 0 Å². The van der Waals surface area contributed by atoms with Crippen LogP contribution in [0.4, 0.5) is 4.39 Å². The minimum atomic E-state index is -0.323. The number of aliphatic hydroxyl groups is 1. The van der Waals surface area contributed by atoms with Gasteiger partial charge in [-0.3, -0.25) is 9.80 Å². The fraction of sp³-hybridized carbons (Fsp3) is 0.588. The largest absolute Gasteiger partial charge is 0.392 e. The monoisotopic (exact) mass is 305 g/mol. The van der Waals surface area contributed by atoms with Crippen LogP contribution in [0.2, 0.25) is 0 Å². The Hall–Kier alpha value is -1.48. The highest BCUT2D eigenvalue weighted by Crippen LogP contribution is 2.18. The number of nitriles is 1. The van der Waals surface area contributed by atoms with Gasteiger partial charge in [-0.05, 0) is 25.5 Å². The lowest BCUT2D eigenvalue weighted by Gasteiger charge is -2.41. The van der Waals surface area contributed by atoms with Crippen LogP contribution in [0.5, 0.6) is 0 Å². The smallest absolute Gasteiger partial charge is 0.129 e. The van der Waals surface area contributed by atoms with Gasteiger partial charge in [-0.25, -0.2) is 4.39 Å². The van der Waals surface area contributed by atoms with E-state index >= 15 is 0 Å². The van der Waals surface area contributed by atoms with Crippen molar-refractivity contribution in [3.8, 4) is 6.07 Å². The maximum atomic E-state index is 14.0. The molecule has 1 aliphatic rings. The van der Waals surface area contributed by atoms with E-state index in [1.54, 1.807) is 12.1 Å². The lowest BCUT2D eigenvalue weighted by Crippen LogP contribution is -2.54. The molecule has 0 saturated carbocycles. The molecule has 0 bridgehead atoms. The average Bonchev–Trinajstić information content (AvgIpc) is 2.50. The van der Waals surface area contributed by atoms with Crippen molar-refractivity contribution in [2.45, 2.75) is 39.0 Å². The number of nitrogens with zero attached hydrogens (tertiary/aromatic N) is 3. The molecule has 0 spiro atoms. The molecule has 1 N–H and O–H groups in total. The zero-order valence-electron chi connectivity index (χ0n) is 13.3. The molecule has 0 unspecified atom stereocenters. The van der Waals surface area contributed by atoms with Crippen LogP contribution in [0.15, 0.2) is 18.2 Å². The molecule has 5 heteroatoms. The van der Waals surface area contributed by atoms with E-state index in [-0.39, 0.29) is 11.9 Å². The van der Waals surface area contributed by atoms with Crippen molar-refractivity contribution in [2.24, 2.45) is 0 Å². The van der Waals surface area contributed by atoms with Crippen LogP contribution in [0.25, 0.3) is 0 Å². The van der Waals surface area contributed by atoms with Crippen molar-refractivity contribution in [1.82, 2.24) is 9.80 Å². The fourth-order valence-corrected chi connectivity index (χ4v) is 3.05. The Bertz CT molecular complexity index is 541. The van der Waals surface area contributed by atoms with Gasteiger partial charge in [-0.15, -0.1) is 0 Å². The van der Waals surface area contributed by atoms with Gasteiger partial charge in [-0.2, -0.15) is 5.26 Å². The number of aliphatic hydroxyl groups excluding tert-OH is 1. The van der Waals surface area contributed by atoms with Crippen LogP contribution in [0, 0.1) is 17.1 Å². The molecule has 1 aromatic rings. The molecule has 22 heavy (non-hydrogen) atoms. The van der Waals surface area contributed by atoms with E-state index in [0.29, 0.717) is 30.3 Å². The second kappa shape index (κ2) is 7.68. The first-order valence-electron chi connectivity index (χ1n) is 7.86. The standard InChI is InChI=1S/C17H24FN3O/c1-3-16-12-20(6-7-21(16)10-13(2)22)11-15-5-4-14(9-19)8-17(15)18/h4-5,8,13,16,22H,3,6-7,10-12H2,1-2H3/t13-,16-/m1/s1. The maximum Gasteiger partial charge on any atom is 0.129 e. The van der Waals surface area contributed by atoms with Gasteiger partial charge in [0.2, 0.25) is 0 Å². The van der Waals surface area contributed by atoms with E-state index in [1.165, 1.54) is 6.07 Å². The molecule has 0 radical (unpaired) electrons. The van der Waals surface area contributed by atoms with Gasteiger partial charge >= 0.3 is 0 Å². The van der Waals surface area contributed by atoms with Crippen molar-refractivity contribution in [3.05, 3.63) is 35.1 Å². The van der Waals surface area contributed by atoms with Crippen LogP contribution < -0.4 is 0 Å². The van der Waals surface area contributed by atoms with E-state index in [1.807, 2.05) is 13.0 Å².